The Hall–Kier alpha value is -3.35. The molecule has 0 aliphatic carbocycles. The van der Waals surface area contributed by atoms with Crippen molar-refractivity contribution >= 4 is 17.4 Å². The second kappa shape index (κ2) is 13.2. The van der Waals surface area contributed by atoms with E-state index >= 15 is 0 Å². The number of halogens is 2. The van der Waals surface area contributed by atoms with Crippen molar-refractivity contribution in [2.24, 2.45) is 0 Å². The number of carboxylic acids is 1. The summed E-state index contributed by atoms with van der Waals surface area (Å²) in [6.45, 7) is 12.9. The van der Waals surface area contributed by atoms with Crippen LogP contribution >= 0.6 is 0 Å². The van der Waals surface area contributed by atoms with Gasteiger partial charge in [-0.05, 0) is 73.6 Å². The molecular formula is C33H44F2N4O6. The molecule has 2 atom stereocenters. The van der Waals surface area contributed by atoms with Crippen molar-refractivity contribution in [3.05, 3.63) is 52.3 Å². The Morgan fingerprint density at radius 2 is 1.89 bits per heavy atom. The molecule has 1 aromatic carbocycles. The van der Waals surface area contributed by atoms with Gasteiger partial charge >= 0.3 is 5.97 Å². The number of piperidine rings is 1. The third-order valence-corrected chi connectivity index (χ3v) is 8.33. The lowest BCUT2D eigenvalue weighted by Gasteiger charge is -2.41. The molecule has 3 aliphatic rings. The molecule has 0 amide bonds. The van der Waals surface area contributed by atoms with Gasteiger partial charge in [-0.3, -0.25) is 0 Å². The third kappa shape index (κ3) is 7.73. The number of rotatable bonds is 3. The average Bonchev–Trinajstić information content (AvgIpc) is 3.34. The van der Waals surface area contributed by atoms with Gasteiger partial charge in [0.1, 0.15) is 23.2 Å². The number of hydrogen-bond acceptors (Lipinski definition) is 8. The number of aliphatic carboxylic acids is 1. The number of aromatic nitrogens is 3. The van der Waals surface area contributed by atoms with E-state index in [0.29, 0.717) is 54.5 Å². The number of anilines is 1. The minimum atomic E-state index is -1.28. The summed E-state index contributed by atoms with van der Waals surface area (Å²) in [7, 11) is 0. The van der Waals surface area contributed by atoms with Gasteiger partial charge in [-0.15, -0.1) is 0 Å². The first kappa shape index (κ1) is 33.0. The zero-order valence-electron chi connectivity index (χ0n) is 27.0. The van der Waals surface area contributed by atoms with Crippen LogP contribution in [0.5, 0.6) is 5.75 Å². The van der Waals surface area contributed by atoms with Crippen LogP contribution in [0.1, 0.15) is 95.3 Å². The first-order chi connectivity index (χ1) is 21.2. The molecular weight excluding hydrogens is 586 g/mol. The standard InChI is InChI=1S/C33H44F2N4O6/c1-20-9-7-8-14-43-33(6)10-12-38(13-11-33)30-28(29(31(40)41)45-32(3,4)5)21(2)36-27-17-23(37-39(27)30)18-42-19-24-25(35)15-22(34)16-26(24)44-20/h15-17,20,29H,7-14,18-19H2,1-6H3,(H,40,41). The Balaban J connectivity index is 1.57. The van der Waals surface area contributed by atoms with Crippen molar-refractivity contribution in [3.63, 3.8) is 0 Å². The molecule has 0 spiro atoms. The molecule has 0 radical (unpaired) electrons. The number of hydrogen-bond donors (Lipinski definition) is 1. The zero-order chi connectivity index (χ0) is 32.5. The quantitative estimate of drug-likeness (QED) is 0.357. The van der Waals surface area contributed by atoms with E-state index in [9.17, 15) is 18.7 Å². The minimum Gasteiger partial charge on any atom is -0.490 e. The summed E-state index contributed by atoms with van der Waals surface area (Å²) in [6, 6.07) is 3.77. The summed E-state index contributed by atoms with van der Waals surface area (Å²) in [4.78, 5) is 19.5. The fraction of sp³-hybridized carbons (Fsp3) is 0.606. The van der Waals surface area contributed by atoms with E-state index in [1.807, 2.05) is 27.7 Å². The maximum Gasteiger partial charge on any atom is 0.337 e. The first-order valence-electron chi connectivity index (χ1n) is 15.6. The van der Waals surface area contributed by atoms with E-state index in [1.165, 1.54) is 6.07 Å². The number of nitrogens with zero attached hydrogens (tertiary/aromatic N) is 4. The predicted octanol–water partition coefficient (Wildman–Crippen LogP) is 6.30. The number of fused-ring (bicyclic) bond motifs is 10. The molecule has 4 bridgehead atoms. The molecule has 45 heavy (non-hydrogen) atoms. The lowest BCUT2D eigenvalue weighted by molar-refractivity contribution is -0.160. The van der Waals surface area contributed by atoms with Gasteiger partial charge in [0.25, 0.3) is 0 Å². The molecule has 5 heterocycles. The number of carbonyl (C=O) groups is 1. The highest BCUT2D eigenvalue weighted by atomic mass is 19.1. The highest BCUT2D eigenvalue weighted by Crippen LogP contribution is 2.38. The van der Waals surface area contributed by atoms with Crippen molar-refractivity contribution < 1.29 is 37.6 Å². The van der Waals surface area contributed by atoms with Crippen LogP contribution in [0.2, 0.25) is 0 Å². The molecule has 2 aromatic heterocycles. The molecule has 246 valence electrons. The number of carboxylic acid groups (broad SMARTS) is 1. The molecule has 3 aliphatic heterocycles. The van der Waals surface area contributed by atoms with Crippen LogP contribution < -0.4 is 9.64 Å². The lowest BCUT2D eigenvalue weighted by Crippen LogP contribution is -2.46. The van der Waals surface area contributed by atoms with Crippen molar-refractivity contribution in [1.29, 1.82) is 0 Å². The van der Waals surface area contributed by atoms with E-state index in [1.54, 1.807) is 17.5 Å². The Morgan fingerprint density at radius 3 is 2.58 bits per heavy atom. The van der Waals surface area contributed by atoms with Crippen LogP contribution in [0.25, 0.3) is 5.65 Å². The first-order valence-corrected chi connectivity index (χ1v) is 15.6. The van der Waals surface area contributed by atoms with E-state index < -0.39 is 29.3 Å². The van der Waals surface area contributed by atoms with Gasteiger partial charge in [0.05, 0.1) is 47.3 Å². The Kier molecular flexibility index (Phi) is 9.67. The number of ether oxygens (including phenoxy) is 4. The van der Waals surface area contributed by atoms with Crippen LogP contribution in [0, 0.1) is 18.6 Å². The van der Waals surface area contributed by atoms with Gasteiger partial charge in [0.15, 0.2) is 11.8 Å². The van der Waals surface area contributed by atoms with E-state index in [-0.39, 0.29) is 36.2 Å². The second-order valence-corrected chi connectivity index (χ2v) is 13.4. The molecule has 1 saturated heterocycles. The largest absolute Gasteiger partial charge is 0.490 e. The smallest absolute Gasteiger partial charge is 0.337 e. The summed E-state index contributed by atoms with van der Waals surface area (Å²) >= 11 is 0. The molecule has 1 fully saturated rings. The molecule has 12 heteroatoms. The summed E-state index contributed by atoms with van der Waals surface area (Å²) in [6.07, 6.45) is 2.27. The molecule has 0 saturated carbocycles. The van der Waals surface area contributed by atoms with Gasteiger partial charge in [-0.1, -0.05) is 0 Å². The van der Waals surface area contributed by atoms with Crippen molar-refractivity contribution in [2.45, 2.75) is 110 Å². The third-order valence-electron chi connectivity index (χ3n) is 8.33. The normalized spacial score (nSPS) is 22.7. The van der Waals surface area contributed by atoms with Crippen LogP contribution in [0.3, 0.4) is 0 Å². The second-order valence-electron chi connectivity index (χ2n) is 13.4. The Morgan fingerprint density at radius 1 is 1.16 bits per heavy atom. The van der Waals surface area contributed by atoms with Gasteiger partial charge in [-0.2, -0.15) is 9.61 Å². The molecule has 6 rings (SSSR count). The van der Waals surface area contributed by atoms with Crippen molar-refractivity contribution in [1.82, 2.24) is 14.6 Å². The number of aryl methyl sites for hydroxylation is 1. The highest BCUT2D eigenvalue weighted by molar-refractivity contribution is 5.78. The fourth-order valence-electron chi connectivity index (χ4n) is 5.98. The highest BCUT2D eigenvalue weighted by Gasteiger charge is 2.37. The monoisotopic (exact) mass is 630 g/mol. The van der Waals surface area contributed by atoms with E-state index in [2.05, 4.69) is 11.8 Å². The van der Waals surface area contributed by atoms with Gasteiger partial charge in [0.2, 0.25) is 0 Å². The summed E-state index contributed by atoms with van der Waals surface area (Å²) in [5.41, 5.74) is 1.05. The van der Waals surface area contributed by atoms with Crippen LogP contribution in [0.4, 0.5) is 14.6 Å². The van der Waals surface area contributed by atoms with Gasteiger partial charge in [-0.25, -0.2) is 18.6 Å². The van der Waals surface area contributed by atoms with E-state index in [0.717, 1.165) is 31.7 Å². The summed E-state index contributed by atoms with van der Waals surface area (Å²) in [5.74, 6) is -1.87. The fourth-order valence-corrected chi connectivity index (χ4v) is 5.98. The molecule has 10 nitrogen and oxygen atoms in total. The lowest BCUT2D eigenvalue weighted by atomic mass is 9.92. The predicted molar refractivity (Wildman–Crippen MR) is 164 cm³/mol. The molecule has 2 unspecified atom stereocenters. The number of benzene rings is 1. The maximum atomic E-state index is 14.9. The topological polar surface area (TPSA) is 108 Å². The summed E-state index contributed by atoms with van der Waals surface area (Å²) in [5, 5.41) is 15.1. The van der Waals surface area contributed by atoms with Gasteiger partial charge < -0.3 is 29.0 Å². The van der Waals surface area contributed by atoms with Crippen molar-refractivity contribution in [3.8, 4) is 5.75 Å². The average molecular weight is 631 g/mol. The SMILES string of the molecule is Cc1nc2cc3nn2c(c1C(OC(C)(C)C)C(=O)O)N1CCC(C)(CC1)OCCCCC(C)Oc1cc(F)cc(F)c1COC3. The minimum absolute atomic E-state index is 0.00967. The van der Waals surface area contributed by atoms with E-state index in [4.69, 9.17) is 29.0 Å². The van der Waals surface area contributed by atoms with Crippen molar-refractivity contribution in [2.75, 3.05) is 24.6 Å². The Labute approximate surface area is 262 Å². The van der Waals surface area contributed by atoms with Gasteiger partial charge in [0, 0.05) is 43.6 Å². The Bertz CT molecular complexity index is 1530. The summed E-state index contributed by atoms with van der Waals surface area (Å²) < 4.78 is 55.1. The molecule has 3 aromatic rings. The van der Waals surface area contributed by atoms with Crippen LogP contribution in [0.15, 0.2) is 18.2 Å². The molecule has 1 N–H and O–H groups in total. The van der Waals surface area contributed by atoms with Crippen LogP contribution in [-0.2, 0) is 32.2 Å². The maximum absolute atomic E-state index is 14.9. The zero-order valence-corrected chi connectivity index (χ0v) is 27.0. The van der Waals surface area contributed by atoms with Crippen LogP contribution in [-0.4, -0.2) is 62.7 Å².